The van der Waals surface area contributed by atoms with E-state index in [0.717, 1.165) is 64.2 Å². The van der Waals surface area contributed by atoms with Crippen LogP contribution in [0.2, 0.25) is 0 Å². The number of esters is 2. The Hall–Kier alpha value is -2.85. The number of nitrogens with two attached hydrogens (primary N) is 1. The Morgan fingerprint density at radius 3 is 1.94 bits per heavy atom. The summed E-state index contributed by atoms with van der Waals surface area (Å²) in [5.41, 5.74) is 5.32. The van der Waals surface area contributed by atoms with Crippen molar-refractivity contribution in [3.63, 3.8) is 0 Å². The lowest BCUT2D eigenvalue weighted by molar-refractivity contribution is -0.161. The molecule has 0 heterocycles. The molecule has 11 heteroatoms. The Balaban J connectivity index is 4.47. The van der Waals surface area contributed by atoms with Gasteiger partial charge in [-0.05, 0) is 70.6 Å². The summed E-state index contributed by atoms with van der Waals surface area (Å²) in [5.74, 6) is -1.03. The zero-order valence-corrected chi connectivity index (χ0v) is 34.2. The molecule has 4 N–H and O–H groups in total. The molecule has 0 saturated heterocycles. The van der Waals surface area contributed by atoms with Crippen LogP contribution < -0.4 is 5.73 Å². The van der Waals surface area contributed by atoms with Crippen LogP contribution in [0.1, 0.15) is 136 Å². The van der Waals surface area contributed by atoms with Crippen molar-refractivity contribution in [1.29, 1.82) is 0 Å². The quantitative estimate of drug-likeness (QED) is 0.0184. The van der Waals surface area contributed by atoms with Gasteiger partial charge in [0.2, 0.25) is 0 Å². The zero-order chi connectivity index (χ0) is 39.8. The van der Waals surface area contributed by atoms with Gasteiger partial charge in [0, 0.05) is 19.4 Å². The first-order valence-corrected chi connectivity index (χ1v) is 21.7. The molecule has 0 aliphatic heterocycles. The summed E-state index contributed by atoms with van der Waals surface area (Å²) >= 11 is 0. The third-order valence-electron chi connectivity index (χ3n) is 7.86. The van der Waals surface area contributed by atoms with Gasteiger partial charge in [0.15, 0.2) is 6.10 Å². The van der Waals surface area contributed by atoms with E-state index in [1.165, 1.54) is 25.7 Å². The van der Waals surface area contributed by atoms with Crippen LogP contribution in [0.15, 0.2) is 85.1 Å². The van der Waals surface area contributed by atoms with E-state index in [-0.39, 0.29) is 32.6 Å². The zero-order valence-electron chi connectivity index (χ0n) is 33.3. The molecule has 0 aromatic carbocycles. The number of allylic oxidation sites excluding steroid dienone is 12. The fourth-order valence-corrected chi connectivity index (χ4v) is 5.62. The molecular weight excluding hydrogens is 705 g/mol. The van der Waals surface area contributed by atoms with Gasteiger partial charge in [0.25, 0.3) is 0 Å². The van der Waals surface area contributed by atoms with Gasteiger partial charge in [-0.1, -0.05) is 137 Å². The Kier molecular flexibility index (Phi) is 36.4. The molecule has 0 aromatic heterocycles. The smallest absolute Gasteiger partial charge is 0.462 e. The van der Waals surface area contributed by atoms with Crippen LogP contribution in [0.5, 0.6) is 0 Å². The lowest BCUT2D eigenvalue weighted by Gasteiger charge is -2.19. The van der Waals surface area contributed by atoms with E-state index in [2.05, 4.69) is 62.5 Å². The number of carbonyl (C=O) groups excluding carboxylic acids is 2. The van der Waals surface area contributed by atoms with Crippen molar-refractivity contribution in [2.24, 2.45) is 5.73 Å². The van der Waals surface area contributed by atoms with E-state index in [4.69, 9.17) is 24.3 Å². The average molecular weight is 778 g/mol. The number of hydrogen-bond donors (Lipinski definition) is 3. The molecule has 0 saturated carbocycles. The molecule has 0 radical (unpaired) electrons. The van der Waals surface area contributed by atoms with Crippen LogP contribution in [-0.2, 0) is 32.7 Å². The van der Waals surface area contributed by atoms with Crippen molar-refractivity contribution in [3.8, 4) is 0 Å². The summed E-state index contributed by atoms with van der Waals surface area (Å²) in [4.78, 5) is 34.8. The molecule has 10 nitrogen and oxygen atoms in total. The monoisotopic (exact) mass is 777 g/mol. The number of hydrogen-bond acceptors (Lipinski definition) is 9. The van der Waals surface area contributed by atoms with Crippen LogP contribution in [0.4, 0.5) is 0 Å². The molecular formula is C43H72NO9P. The fourth-order valence-electron chi connectivity index (χ4n) is 4.85. The van der Waals surface area contributed by atoms with E-state index in [1.807, 2.05) is 18.2 Å². The summed E-state index contributed by atoms with van der Waals surface area (Å²) < 4.78 is 32.5. The third-order valence-corrected chi connectivity index (χ3v) is 8.84. The van der Waals surface area contributed by atoms with Crippen molar-refractivity contribution >= 4 is 19.8 Å². The maximum atomic E-state index is 12.5. The summed E-state index contributed by atoms with van der Waals surface area (Å²) in [6.07, 6.45) is 43.6. The van der Waals surface area contributed by atoms with Crippen LogP contribution >= 0.6 is 7.82 Å². The normalized spacial score (nSPS) is 14.8. The van der Waals surface area contributed by atoms with Gasteiger partial charge in [-0.25, -0.2) is 4.57 Å². The number of aliphatic hydroxyl groups excluding tert-OH is 1. The average Bonchev–Trinajstić information content (AvgIpc) is 3.15. The first kappa shape index (κ1) is 51.1. The van der Waals surface area contributed by atoms with Crippen molar-refractivity contribution in [1.82, 2.24) is 0 Å². The molecule has 2 unspecified atom stereocenters. The van der Waals surface area contributed by atoms with Crippen LogP contribution in [0.3, 0.4) is 0 Å². The highest BCUT2D eigenvalue weighted by atomic mass is 31.2. The van der Waals surface area contributed by atoms with Crippen molar-refractivity contribution in [2.45, 2.75) is 148 Å². The summed E-state index contributed by atoms with van der Waals surface area (Å²) in [5, 5.41) is 10.2. The molecule has 0 bridgehead atoms. The Morgan fingerprint density at radius 2 is 1.28 bits per heavy atom. The van der Waals surface area contributed by atoms with Gasteiger partial charge in [0.1, 0.15) is 6.61 Å². The van der Waals surface area contributed by atoms with E-state index in [0.29, 0.717) is 19.3 Å². The lowest BCUT2D eigenvalue weighted by atomic mass is 10.1. The number of rotatable bonds is 36. The first-order chi connectivity index (χ1) is 26.2. The number of phosphoric acid groups is 1. The second kappa shape index (κ2) is 38.4. The first-order valence-electron chi connectivity index (χ1n) is 20.2. The van der Waals surface area contributed by atoms with E-state index >= 15 is 0 Å². The molecule has 54 heavy (non-hydrogen) atoms. The highest BCUT2D eigenvalue weighted by Gasteiger charge is 2.25. The molecule has 0 aliphatic carbocycles. The minimum Gasteiger partial charge on any atom is -0.462 e. The third kappa shape index (κ3) is 37.5. The van der Waals surface area contributed by atoms with Gasteiger partial charge >= 0.3 is 19.8 Å². The maximum absolute atomic E-state index is 12.5. The van der Waals surface area contributed by atoms with Crippen LogP contribution in [0.25, 0.3) is 0 Å². The summed E-state index contributed by atoms with van der Waals surface area (Å²) in [6.45, 7) is 3.35. The molecule has 0 rings (SSSR count). The minimum absolute atomic E-state index is 0.0179. The number of phosphoric ester groups is 1. The van der Waals surface area contributed by atoms with Crippen molar-refractivity contribution in [3.05, 3.63) is 85.1 Å². The van der Waals surface area contributed by atoms with E-state index < -0.39 is 38.6 Å². The second-order valence-electron chi connectivity index (χ2n) is 13.0. The van der Waals surface area contributed by atoms with Gasteiger partial charge in [0.05, 0.1) is 19.3 Å². The predicted molar refractivity (Wildman–Crippen MR) is 221 cm³/mol. The molecule has 0 spiro atoms. The Labute approximate surface area is 326 Å². The Bertz CT molecular complexity index is 1180. The highest BCUT2D eigenvalue weighted by molar-refractivity contribution is 7.47. The maximum Gasteiger partial charge on any atom is 0.472 e. The molecule has 3 atom stereocenters. The summed E-state index contributed by atoms with van der Waals surface area (Å²) in [6, 6.07) is 0. The predicted octanol–water partition coefficient (Wildman–Crippen LogP) is 10.2. The van der Waals surface area contributed by atoms with E-state index in [1.54, 1.807) is 18.2 Å². The van der Waals surface area contributed by atoms with Crippen molar-refractivity contribution in [2.75, 3.05) is 26.4 Å². The number of aliphatic hydroxyl groups is 1. The largest absolute Gasteiger partial charge is 0.472 e. The molecule has 0 amide bonds. The number of ether oxygens (including phenoxy) is 2. The molecule has 0 aromatic rings. The molecule has 0 aliphatic rings. The molecule has 0 fully saturated rings. The van der Waals surface area contributed by atoms with E-state index in [9.17, 15) is 24.2 Å². The molecule has 308 valence electrons. The summed E-state index contributed by atoms with van der Waals surface area (Å²) in [7, 11) is -4.43. The number of carbonyl (C=O) groups is 2. The van der Waals surface area contributed by atoms with Crippen LogP contribution in [-0.4, -0.2) is 60.5 Å². The SMILES string of the molecule is CC/C=C\C/C=C\C/C=C\C/C=C\C=C/C(O)C/C=C\CCC(=O)O[C@H](COC(=O)CCCCCCC/C=C\CCCCCC)COP(=O)(O)OCCN. The van der Waals surface area contributed by atoms with Gasteiger partial charge in [-0.15, -0.1) is 0 Å². The fraction of sp³-hybridized carbons (Fsp3) is 0.628. The van der Waals surface area contributed by atoms with Crippen molar-refractivity contribution < 1.29 is 42.7 Å². The minimum atomic E-state index is -4.43. The second-order valence-corrected chi connectivity index (χ2v) is 14.4. The van der Waals surface area contributed by atoms with Gasteiger partial charge < -0.3 is 25.2 Å². The Morgan fingerprint density at radius 1 is 0.667 bits per heavy atom. The highest BCUT2D eigenvalue weighted by Crippen LogP contribution is 2.43. The topological polar surface area (TPSA) is 155 Å². The van der Waals surface area contributed by atoms with Gasteiger partial charge in [-0.2, -0.15) is 0 Å². The standard InChI is InChI=1S/C43H72NO9P/c1-3-5-7-9-11-13-15-17-19-21-23-25-28-32-40(45)33-29-27-31-35-43(47)53-41(39-52-54(48,49)51-37-36-44)38-50-42(46)34-30-26-24-22-20-18-16-14-12-10-8-6-4-2/h5,7,11,13-14,16-17,19,23,25,27-29,32,40-41,45H,3-4,6,8-10,12,15,18,20-22,24,26,30-31,33-39,44H2,1-2H3,(H,48,49)/b7-5-,13-11-,16-14-,19-17-,25-23-,29-27-,32-28-/t40?,41-/m1/s1. The number of unbranched alkanes of at least 4 members (excludes halogenated alkanes) is 9. The van der Waals surface area contributed by atoms with Crippen LogP contribution in [0, 0.1) is 0 Å². The van der Waals surface area contributed by atoms with Gasteiger partial charge in [-0.3, -0.25) is 18.6 Å². The lowest BCUT2D eigenvalue weighted by Crippen LogP contribution is -2.29.